The molecule has 0 bridgehead atoms. The van der Waals surface area contributed by atoms with Gasteiger partial charge < -0.3 is 15.6 Å². The zero-order chi connectivity index (χ0) is 11.3. The first-order valence-electron chi connectivity index (χ1n) is 4.70. The minimum absolute atomic E-state index is 0.442. The van der Waals surface area contributed by atoms with E-state index in [9.17, 15) is 9.90 Å². The molecule has 1 aromatic carbocycles. The molecule has 0 heterocycles. The van der Waals surface area contributed by atoms with Crippen LogP contribution >= 0.6 is 0 Å². The number of carbonyl (C=O) groups excluding carboxylic acids is 1. The lowest BCUT2D eigenvalue weighted by Gasteiger charge is -2.16. The number of aliphatic hydroxyl groups excluding tert-OH is 1. The third kappa shape index (κ3) is 3.34. The maximum Gasteiger partial charge on any atom is 0.336 e. The maximum atomic E-state index is 11.0. The van der Waals surface area contributed by atoms with E-state index in [2.05, 4.69) is 4.74 Å². The second-order valence-electron chi connectivity index (χ2n) is 3.32. The number of carbonyl (C=O) groups is 1. The summed E-state index contributed by atoms with van der Waals surface area (Å²) in [4.78, 5) is 11.0. The molecule has 4 nitrogen and oxygen atoms in total. The Hall–Kier alpha value is -1.39. The Morgan fingerprint density at radius 2 is 2.07 bits per heavy atom. The summed E-state index contributed by atoms with van der Waals surface area (Å²) in [5.41, 5.74) is 6.65. The molecule has 2 unspecified atom stereocenters. The highest BCUT2D eigenvalue weighted by Gasteiger charge is 2.23. The Morgan fingerprint density at radius 1 is 1.47 bits per heavy atom. The lowest BCUT2D eigenvalue weighted by Crippen LogP contribution is -2.42. The zero-order valence-corrected chi connectivity index (χ0v) is 8.59. The highest BCUT2D eigenvalue weighted by molar-refractivity contribution is 5.75. The number of methoxy groups -OCH3 is 1. The van der Waals surface area contributed by atoms with Gasteiger partial charge >= 0.3 is 5.97 Å². The lowest BCUT2D eigenvalue weighted by molar-refractivity contribution is -0.151. The van der Waals surface area contributed by atoms with Gasteiger partial charge in [-0.2, -0.15) is 0 Å². The molecular weight excluding hydrogens is 194 g/mol. The van der Waals surface area contributed by atoms with Gasteiger partial charge in [-0.25, -0.2) is 4.79 Å². The second-order valence-corrected chi connectivity index (χ2v) is 3.32. The third-order valence-electron chi connectivity index (χ3n) is 2.16. The van der Waals surface area contributed by atoms with E-state index in [4.69, 9.17) is 5.73 Å². The normalized spacial score (nSPS) is 14.3. The molecular formula is C11H15NO3. The van der Waals surface area contributed by atoms with Gasteiger partial charge in [0.05, 0.1) is 7.11 Å². The van der Waals surface area contributed by atoms with Gasteiger partial charge in [0.25, 0.3) is 0 Å². The molecule has 82 valence electrons. The Labute approximate surface area is 88.7 Å². The van der Waals surface area contributed by atoms with E-state index in [1.807, 2.05) is 30.3 Å². The molecule has 1 rings (SSSR count). The van der Waals surface area contributed by atoms with Crippen molar-refractivity contribution in [3.63, 3.8) is 0 Å². The van der Waals surface area contributed by atoms with Crippen molar-refractivity contribution < 1.29 is 14.6 Å². The second kappa shape index (κ2) is 5.48. The summed E-state index contributed by atoms with van der Waals surface area (Å²) in [6.45, 7) is 0. The summed E-state index contributed by atoms with van der Waals surface area (Å²) >= 11 is 0. The van der Waals surface area contributed by atoms with Gasteiger partial charge in [-0.15, -0.1) is 0 Å². The molecule has 0 amide bonds. The molecule has 0 saturated carbocycles. The molecule has 2 atom stereocenters. The fraction of sp³-hybridized carbons (Fsp3) is 0.364. The number of benzene rings is 1. The van der Waals surface area contributed by atoms with E-state index in [1.54, 1.807) is 0 Å². The summed E-state index contributed by atoms with van der Waals surface area (Å²) in [6, 6.07) is 8.80. The van der Waals surface area contributed by atoms with Crippen LogP contribution in [0.5, 0.6) is 0 Å². The number of hydrogen-bond donors (Lipinski definition) is 2. The lowest BCUT2D eigenvalue weighted by atomic mass is 10.0. The summed E-state index contributed by atoms with van der Waals surface area (Å²) < 4.78 is 4.40. The fourth-order valence-electron chi connectivity index (χ4n) is 1.29. The number of hydrogen-bond acceptors (Lipinski definition) is 4. The van der Waals surface area contributed by atoms with E-state index in [0.29, 0.717) is 6.42 Å². The first kappa shape index (κ1) is 11.7. The molecule has 1 aromatic rings. The highest BCUT2D eigenvalue weighted by Crippen LogP contribution is 2.05. The van der Waals surface area contributed by atoms with Crippen LogP contribution in [0.15, 0.2) is 30.3 Å². The van der Waals surface area contributed by atoms with Gasteiger partial charge in [0.15, 0.2) is 6.10 Å². The minimum atomic E-state index is -1.27. The molecule has 0 aliphatic carbocycles. The summed E-state index contributed by atoms with van der Waals surface area (Å²) in [6.07, 6.45) is -0.827. The molecule has 0 radical (unpaired) electrons. The Morgan fingerprint density at radius 3 is 2.60 bits per heavy atom. The third-order valence-corrected chi connectivity index (χ3v) is 2.16. The van der Waals surface area contributed by atoms with Crippen LogP contribution in [0, 0.1) is 0 Å². The molecule has 0 aliphatic rings. The Bertz CT molecular complexity index is 313. The van der Waals surface area contributed by atoms with Crippen molar-refractivity contribution in [2.45, 2.75) is 18.6 Å². The largest absolute Gasteiger partial charge is 0.467 e. The topological polar surface area (TPSA) is 72.5 Å². The predicted molar refractivity (Wildman–Crippen MR) is 56.1 cm³/mol. The average molecular weight is 209 g/mol. The maximum absolute atomic E-state index is 11.0. The smallest absolute Gasteiger partial charge is 0.336 e. The zero-order valence-electron chi connectivity index (χ0n) is 8.59. The molecule has 0 saturated heterocycles. The number of esters is 1. The molecule has 3 N–H and O–H groups in total. The number of nitrogens with two attached hydrogens (primary N) is 1. The number of ether oxygens (including phenoxy) is 1. The fourth-order valence-corrected chi connectivity index (χ4v) is 1.29. The van der Waals surface area contributed by atoms with E-state index in [0.717, 1.165) is 5.56 Å². The van der Waals surface area contributed by atoms with E-state index in [-0.39, 0.29) is 0 Å². The van der Waals surface area contributed by atoms with Crippen LogP contribution < -0.4 is 5.73 Å². The summed E-state index contributed by atoms with van der Waals surface area (Å²) in [5, 5.41) is 9.45. The standard InChI is InChI=1S/C11H15NO3/c1-15-11(14)10(13)9(12)7-8-5-3-2-4-6-8/h2-6,9-10,13H,7,12H2,1H3. The molecule has 0 aliphatic heterocycles. The van der Waals surface area contributed by atoms with Crippen molar-refractivity contribution in [2.24, 2.45) is 5.73 Å². The van der Waals surface area contributed by atoms with E-state index >= 15 is 0 Å². The first-order chi connectivity index (χ1) is 7.15. The Kier molecular flexibility index (Phi) is 4.27. The summed E-state index contributed by atoms with van der Waals surface area (Å²) in [7, 11) is 1.22. The van der Waals surface area contributed by atoms with Crippen LogP contribution in [0.2, 0.25) is 0 Å². The van der Waals surface area contributed by atoms with Crippen molar-refractivity contribution in [1.82, 2.24) is 0 Å². The molecule has 0 fully saturated rings. The van der Waals surface area contributed by atoms with Crippen LogP contribution in [-0.2, 0) is 16.0 Å². The van der Waals surface area contributed by atoms with Gasteiger partial charge in [0.1, 0.15) is 0 Å². The van der Waals surface area contributed by atoms with Gasteiger partial charge in [-0.1, -0.05) is 30.3 Å². The van der Waals surface area contributed by atoms with Gasteiger partial charge in [-0.3, -0.25) is 0 Å². The van der Waals surface area contributed by atoms with Crippen LogP contribution in [0.4, 0.5) is 0 Å². The minimum Gasteiger partial charge on any atom is -0.467 e. The van der Waals surface area contributed by atoms with Crippen molar-refractivity contribution in [3.8, 4) is 0 Å². The highest BCUT2D eigenvalue weighted by atomic mass is 16.5. The monoisotopic (exact) mass is 209 g/mol. The van der Waals surface area contributed by atoms with Gasteiger partial charge in [0.2, 0.25) is 0 Å². The number of aliphatic hydroxyl groups is 1. The van der Waals surface area contributed by atoms with Crippen molar-refractivity contribution in [3.05, 3.63) is 35.9 Å². The van der Waals surface area contributed by atoms with Crippen LogP contribution in [0.3, 0.4) is 0 Å². The van der Waals surface area contributed by atoms with E-state index < -0.39 is 18.1 Å². The quantitative estimate of drug-likeness (QED) is 0.689. The molecule has 0 aromatic heterocycles. The number of rotatable bonds is 4. The van der Waals surface area contributed by atoms with Crippen molar-refractivity contribution in [1.29, 1.82) is 0 Å². The molecule has 15 heavy (non-hydrogen) atoms. The molecule has 4 heteroatoms. The predicted octanol–water partition coefficient (Wildman–Crippen LogP) is 0.0903. The van der Waals surface area contributed by atoms with E-state index in [1.165, 1.54) is 7.11 Å². The van der Waals surface area contributed by atoms with Crippen LogP contribution in [0.1, 0.15) is 5.56 Å². The average Bonchev–Trinajstić information content (AvgIpc) is 2.28. The van der Waals surface area contributed by atoms with Crippen LogP contribution in [0.25, 0.3) is 0 Å². The van der Waals surface area contributed by atoms with Crippen molar-refractivity contribution >= 4 is 5.97 Å². The van der Waals surface area contributed by atoms with Crippen molar-refractivity contribution in [2.75, 3.05) is 7.11 Å². The van der Waals surface area contributed by atoms with Gasteiger partial charge in [-0.05, 0) is 12.0 Å². The van der Waals surface area contributed by atoms with Crippen LogP contribution in [-0.4, -0.2) is 30.3 Å². The van der Waals surface area contributed by atoms with Gasteiger partial charge in [0, 0.05) is 6.04 Å². The SMILES string of the molecule is COC(=O)C(O)C(N)Cc1ccccc1. The Balaban J connectivity index is 2.56. The molecule has 0 spiro atoms. The summed E-state index contributed by atoms with van der Waals surface area (Å²) in [5.74, 6) is -0.696. The first-order valence-corrected chi connectivity index (χ1v) is 4.70.